The summed E-state index contributed by atoms with van der Waals surface area (Å²) in [6, 6.07) is 10.1. The number of rotatable bonds is 7. The van der Waals surface area contributed by atoms with Crippen LogP contribution in [0.25, 0.3) is 0 Å². The lowest BCUT2D eigenvalue weighted by molar-refractivity contribution is -0.149. The van der Waals surface area contributed by atoms with E-state index in [0.717, 1.165) is 16.7 Å². The van der Waals surface area contributed by atoms with Gasteiger partial charge < -0.3 is 19.5 Å². The van der Waals surface area contributed by atoms with Crippen molar-refractivity contribution in [2.24, 2.45) is 0 Å². The highest BCUT2D eigenvalue weighted by molar-refractivity contribution is 5.94. The summed E-state index contributed by atoms with van der Waals surface area (Å²) in [6.07, 6.45) is 0. The molecule has 0 bridgehead atoms. The third kappa shape index (κ3) is 5.84. The van der Waals surface area contributed by atoms with Crippen molar-refractivity contribution in [3.05, 3.63) is 58.7 Å². The molecule has 7 nitrogen and oxygen atoms in total. The predicted molar refractivity (Wildman–Crippen MR) is 104 cm³/mol. The van der Waals surface area contributed by atoms with Crippen molar-refractivity contribution in [3.63, 3.8) is 0 Å². The molecule has 7 heteroatoms. The first-order valence-electron chi connectivity index (χ1n) is 8.64. The number of methoxy groups -OCH3 is 1. The summed E-state index contributed by atoms with van der Waals surface area (Å²) in [5, 5.41) is 2.57. The van der Waals surface area contributed by atoms with Crippen LogP contribution in [0, 0.1) is 20.8 Å². The first-order valence-corrected chi connectivity index (χ1v) is 8.64. The highest BCUT2D eigenvalue weighted by atomic mass is 16.6. The van der Waals surface area contributed by atoms with E-state index in [1.54, 1.807) is 12.1 Å². The molecule has 0 spiro atoms. The molecule has 0 radical (unpaired) electrons. The Bertz CT molecular complexity index is 850. The first kappa shape index (κ1) is 21.0. The Hall–Kier alpha value is -3.35. The van der Waals surface area contributed by atoms with Crippen LogP contribution in [-0.4, -0.2) is 38.2 Å². The molecule has 2 aromatic carbocycles. The number of amides is 1. The first-order chi connectivity index (χ1) is 13.3. The molecule has 0 aliphatic carbocycles. The minimum atomic E-state index is -0.643. The molecule has 0 heterocycles. The normalized spacial score (nSPS) is 10.1. The van der Waals surface area contributed by atoms with E-state index in [2.05, 4.69) is 10.1 Å². The summed E-state index contributed by atoms with van der Waals surface area (Å²) in [6.45, 7) is 5.07. The van der Waals surface area contributed by atoms with E-state index in [0.29, 0.717) is 17.0 Å². The van der Waals surface area contributed by atoms with Gasteiger partial charge in [0.15, 0.2) is 13.2 Å². The van der Waals surface area contributed by atoms with Gasteiger partial charge >= 0.3 is 11.9 Å². The second-order valence-corrected chi connectivity index (χ2v) is 6.29. The monoisotopic (exact) mass is 385 g/mol. The minimum Gasteiger partial charge on any atom is -0.481 e. The van der Waals surface area contributed by atoms with Gasteiger partial charge in [-0.2, -0.15) is 0 Å². The highest BCUT2D eigenvalue weighted by Crippen LogP contribution is 2.24. The molecule has 0 aliphatic rings. The van der Waals surface area contributed by atoms with Crippen molar-refractivity contribution >= 4 is 23.5 Å². The van der Waals surface area contributed by atoms with Gasteiger partial charge in [0.25, 0.3) is 5.91 Å². The van der Waals surface area contributed by atoms with Gasteiger partial charge in [-0.3, -0.25) is 4.79 Å². The van der Waals surface area contributed by atoms with Crippen LogP contribution >= 0.6 is 0 Å². The summed E-state index contributed by atoms with van der Waals surface area (Å²) >= 11 is 0. The summed E-state index contributed by atoms with van der Waals surface area (Å²) in [7, 11) is 1.29. The lowest BCUT2D eigenvalue weighted by Gasteiger charge is -2.13. The van der Waals surface area contributed by atoms with E-state index in [9.17, 15) is 14.4 Å². The molecule has 0 atom stereocenters. The molecule has 28 heavy (non-hydrogen) atoms. The zero-order valence-corrected chi connectivity index (χ0v) is 16.3. The van der Waals surface area contributed by atoms with Crippen LogP contribution in [0.4, 0.5) is 5.69 Å². The smallest absolute Gasteiger partial charge is 0.344 e. The van der Waals surface area contributed by atoms with Gasteiger partial charge in [-0.05, 0) is 56.2 Å². The van der Waals surface area contributed by atoms with Crippen LogP contribution in [0.15, 0.2) is 36.4 Å². The second-order valence-electron chi connectivity index (χ2n) is 6.29. The topological polar surface area (TPSA) is 90.9 Å². The van der Waals surface area contributed by atoms with Crippen molar-refractivity contribution in [1.29, 1.82) is 0 Å². The molecule has 0 aromatic heterocycles. The molecule has 0 aliphatic heterocycles. The molecule has 1 N–H and O–H groups in total. The average molecular weight is 385 g/mol. The van der Waals surface area contributed by atoms with Gasteiger partial charge in [-0.1, -0.05) is 17.7 Å². The Labute approximate surface area is 163 Å². The molecule has 2 rings (SSSR count). The summed E-state index contributed by atoms with van der Waals surface area (Å²) in [5.74, 6) is -0.971. The maximum Gasteiger partial charge on any atom is 0.344 e. The fourth-order valence-electron chi connectivity index (χ4n) is 2.72. The Morgan fingerprint density at radius 1 is 0.929 bits per heavy atom. The molecular weight excluding hydrogens is 362 g/mol. The van der Waals surface area contributed by atoms with Crippen molar-refractivity contribution in [2.45, 2.75) is 20.8 Å². The maximum absolute atomic E-state index is 11.9. The maximum atomic E-state index is 11.9. The van der Waals surface area contributed by atoms with E-state index < -0.39 is 24.5 Å². The third-order valence-corrected chi connectivity index (χ3v) is 3.89. The quantitative estimate of drug-likeness (QED) is 0.737. The van der Waals surface area contributed by atoms with Crippen LogP contribution in [0.2, 0.25) is 0 Å². The predicted octanol–water partition coefficient (Wildman–Crippen LogP) is 2.96. The highest BCUT2D eigenvalue weighted by Gasteiger charge is 2.12. The van der Waals surface area contributed by atoms with E-state index in [-0.39, 0.29) is 6.61 Å². The lowest BCUT2D eigenvalue weighted by Crippen LogP contribution is -2.24. The largest absolute Gasteiger partial charge is 0.481 e. The molecule has 2 aromatic rings. The molecule has 1 amide bonds. The Balaban J connectivity index is 1.79. The number of carbonyl (C=O) groups excluding carboxylic acids is 3. The van der Waals surface area contributed by atoms with Gasteiger partial charge in [-0.25, -0.2) is 9.59 Å². The average Bonchev–Trinajstić information content (AvgIpc) is 2.65. The van der Waals surface area contributed by atoms with Crippen molar-refractivity contribution in [1.82, 2.24) is 0 Å². The molecule has 0 saturated heterocycles. The van der Waals surface area contributed by atoms with Gasteiger partial charge in [0.1, 0.15) is 5.75 Å². The minimum absolute atomic E-state index is 0.286. The molecule has 0 saturated carbocycles. The Morgan fingerprint density at radius 2 is 1.54 bits per heavy atom. The molecule has 0 fully saturated rings. The standard InChI is InChI=1S/C21H23NO6/c1-13-9-14(2)20(15(3)10-13)28-12-19(24)27-11-18(23)22-17-7-5-16(6-8-17)21(25)26-4/h5-10H,11-12H2,1-4H3,(H,22,23). The van der Waals surface area contributed by atoms with Crippen molar-refractivity contribution < 1.29 is 28.6 Å². The number of anilines is 1. The van der Waals surface area contributed by atoms with Gasteiger partial charge in [0, 0.05) is 5.69 Å². The fraction of sp³-hybridized carbons (Fsp3) is 0.286. The van der Waals surface area contributed by atoms with E-state index in [1.165, 1.54) is 19.2 Å². The number of hydrogen-bond acceptors (Lipinski definition) is 6. The Morgan fingerprint density at radius 3 is 2.11 bits per heavy atom. The molecule has 0 unspecified atom stereocenters. The van der Waals surface area contributed by atoms with Gasteiger partial charge in [0.05, 0.1) is 12.7 Å². The third-order valence-electron chi connectivity index (χ3n) is 3.89. The number of benzene rings is 2. The number of esters is 2. The molecule has 148 valence electrons. The summed E-state index contributed by atoms with van der Waals surface area (Å²) in [5.41, 5.74) is 3.81. The zero-order chi connectivity index (χ0) is 20.7. The van der Waals surface area contributed by atoms with Crippen LogP contribution in [0.3, 0.4) is 0 Å². The van der Waals surface area contributed by atoms with Gasteiger partial charge in [0.2, 0.25) is 0 Å². The Kier molecular flexibility index (Phi) is 7.14. The zero-order valence-electron chi connectivity index (χ0n) is 16.3. The van der Waals surface area contributed by atoms with E-state index in [1.807, 2.05) is 32.9 Å². The second kappa shape index (κ2) is 9.55. The van der Waals surface area contributed by atoms with Crippen molar-refractivity contribution in [3.8, 4) is 5.75 Å². The molecular formula is C21H23NO6. The van der Waals surface area contributed by atoms with Crippen LogP contribution in [-0.2, 0) is 19.1 Å². The van der Waals surface area contributed by atoms with Crippen LogP contribution in [0.1, 0.15) is 27.0 Å². The summed E-state index contributed by atoms with van der Waals surface area (Å²) in [4.78, 5) is 35.1. The fourth-order valence-corrected chi connectivity index (χ4v) is 2.72. The number of aryl methyl sites for hydroxylation is 3. The number of nitrogens with one attached hydrogen (secondary N) is 1. The lowest BCUT2D eigenvalue weighted by atomic mass is 10.1. The van der Waals surface area contributed by atoms with E-state index in [4.69, 9.17) is 9.47 Å². The van der Waals surface area contributed by atoms with Crippen molar-refractivity contribution in [2.75, 3.05) is 25.6 Å². The van der Waals surface area contributed by atoms with Crippen LogP contribution in [0.5, 0.6) is 5.75 Å². The number of carbonyl (C=O) groups is 3. The van der Waals surface area contributed by atoms with Gasteiger partial charge in [-0.15, -0.1) is 0 Å². The number of hydrogen-bond donors (Lipinski definition) is 1. The van der Waals surface area contributed by atoms with Crippen LogP contribution < -0.4 is 10.1 Å². The SMILES string of the molecule is COC(=O)c1ccc(NC(=O)COC(=O)COc2c(C)cc(C)cc2C)cc1. The summed E-state index contributed by atoms with van der Waals surface area (Å²) < 4.78 is 15.1. The van der Waals surface area contributed by atoms with E-state index >= 15 is 0 Å². The number of ether oxygens (including phenoxy) is 3.